The zero-order valence-corrected chi connectivity index (χ0v) is 15.6. The molecule has 3 N–H and O–H groups in total. The zero-order valence-electron chi connectivity index (χ0n) is 15.6. The molecule has 3 rings (SSSR count). The van der Waals surface area contributed by atoms with Crippen LogP contribution in [0.1, 0.15) is 11.1 Å². The molecule has 0 aliphatic carbocycles. The summed E-state index contributed by atoms with van der Waals surface area (Å²) in [6.07, 6.45) is 0.141. The Morgan fingerprint density at radius 1 is 1.17 bits per heavy atom. The molecule has 8 nitrogen and oxygen atoms in total. The van der Waals surface area contributed by atoms with Crippen LogP contribution in [0.5, 0.6) is 11.5 Å². The van der Waals surface area contributed by atoms with Gasteiger partial charge in [0.15, 0.2) is 17.3 Å². The molecule has 2 amide bonds. The number of carbonyl (C=O) groups is 3. The molecule has 1 aliphatic heterocycles. The highest BCUT2D eigenvalue weighted by atomic mass is 19.2. The quantitative estimate of drug-likeness (QED) is 0.547. The van der Waals surface area contributed by atoms with Crippen LogP contribution >= 0.6 is 0 Å². The van der Waals surface area contributed by atoms with Crippen LogP contribution in [-0.2, 0) is 25.5 Å². The normalized spacial score (nSPS) is 15.5. The van der Waals surface area contributed by atoms with Crippen LogP contribution < -0.4 is 15.8 Å². The fraction of sp³-hybridized carbons (Fsp3) is 0.150. The molecule has 1 fully saturated rings. The molecule has 0 radical (unpaired) electrons. The molecule has 1 heterocycles. The van der Waals surface area contributed by atoms with Gasteiger partial charge in [-0.3, -0.25) is 14.9 Å². The summed E-state index contributed by atoms with van der Waals surface area (Å²) in [6.45, 7) is 0. The molecule has 0 bridgehead atoms. The molecule has 1 saturated heterocycles. The van der Waals surface area contributed by atoms with Gasteiger partial charge in [-0.15, -0.1) is 0 Å². The molecular formula is C20H16F2N2O6. The van der Waals surface area contributed by atoms with Crippen molar-refractivity contribution >= 4 is 24.0 Å². The lowest BCUT2D eigenvalue weighted by atomic mass is 10.1. The van der Waals surface area contributed by atoms with Crippen LogP contribution in [0.4, 0.5) is 13.6 Å². The number of nitrogens with two attached hydrogens (primary N) is 1. The molecule has 30 heavy (non-hydrogen) atoms. The third kappa shape index (κ3) is 4.61. The number of ether oxygens (including phenoxy) is 3. The number of amides is 2. The maximum atomic E-state index is 14.4. The third-order valence-corrected chi connectivity index (χ3v) is 4.12. The van der Waals surface area contributed by atoms with Gasteiger partial charge >= 0.3 is 12.1 Å². The minimum atomic E-state index is -1.29. The molecule has 1 unspecified atom stereocenters. The minimum absolute atomic E-state index is 0.221. The average molecular weight is 418 g/mol. The predicted octanol–water partition coefficient (Wildman–Crippen LogP) is 2.41. The van der Waals surface area contributed by atoms with E-state index in [9.17, 15) is 23.2 Å². The number of halogens is 2. The van der Waals surface area contributed by atoms with Gasteiger partial charge in [-0.25, -0.2) is 9.18 Å². The predicted molar refractivity (Wildman–Crippen MR) is 99.2 cm³/mol. The molecule has 2 aromatic rings. The van der Waals surface area contributed by atoms with Crippen LogP contribution in [0.25, 0.3) is 6.08 Å². The van der Waals surface area contributed by atoms with Crippen molar-refractivity contribution in [2.45, 2.75) is 12.5 Å². The van der Waals surface area contributed by atoms with Crippen LogP contribution in [0, 0.1) is 11.6 Å². The van der Waals surface area contributed by atoms with E-state index in [1.54, 1.807) is 12.1 Å². The Balaban J connectivity index is 1.74. The van der Waals surface area contributed by atoms with Gasteiger partial charge in [0.1, 0.15) is 11.8 Å². The first-order valence-corrected chi connectivity index (χ1v) is 8.61. The highest BCUT2D eigenvalue weighted by Crippen LogP contribution is 2.29. The van der Waals surface area contributed by atoms with Crippen molar-refractivity contribution in [1.82, 2.24) is 5.32 Å². The molecule has 0 spiro atoms. The number of rotatable bonds is 6. The number of cyclic esters (lactones) is 1. The largest absolute Gasteiger partial charge is 0.468 e. The maximum Gasteiger partial charge on any atom is 0.419 e. The van der Waals surface area contributed by atoms with Crippen LogP contribution in [0.15, 0.2) is 42.2 Å². The van der Waals surface area contributed by atoms with Gasteiger partial charge in [-0.2, -0.15) is 4.39 Å². The Hall–Kier alpha value is -3.79. The molecule has 2 aromatic carbocycles. The Morgan fingerprint density at radius 2 is 1.87 bits per heavy atom. The molecular weight excluding hydrogens is 402 g/mol. The van der Waals surface area contributed by atoms with Crippen molar-refractivity contribution in [3.63, 3.8) is 0 Å². The number of benzene rings is 2. The second-order valence-electron chi connectivity index (χ2n) is 6.21. The second kappa shape index (κ2) is 8.70. The Bertz CT molecular complexity index is 1040. The highest BCUT2D eigenvalue weighted by Gasteiger charge is 2.27. The van der Waals surface area contributed by atoms with Crippen molar-refractivity contribution in [1.29, 1.82) is 0 Å². The number of hydrogen-bond donors (Lipinski definition) is 2. The molecule has 0 saturated carbocycles. The summed E-state index contributed by atoms with van der Waals surface area (Å²) in [5, 5.41) is 1.85. The number of methoxy groups -OCH3 is 1. The smallest absolute Gasteiger partial charge is 0.419 e. The lowest BCUT2D eigenvalue weighted by Crippen LogP contribution is -2.33. The fourth-order valence-corrected chi connectivity index (χ4v) is 2.61. The Morgan fingerprint density at radius 3 is 2.47 bits per heavy atom. The highest BCUT2D eigenvalue weighted by molar-refractivity contribution is 6.09. The molecule has 1 aliphatic rings. The molecule has 0 aromatic heterocycles. The van der Waals surface area contributed by atoms with E-state index in [-0.39, 0.29) is 23.5 Å². The first kappa shape index (κ1) is 20.9. The topological polar surface area (TPSA) is 117 Å². The second-order valence-corrected chi connectivity index (χ2v) is 6.21. The van der Waals surface area contributed by atoms with Gasteiger partial charge in [-0.05, 0) is 42.3 Å². The number of carbonyl (C=O) groups excluding carboxylic acids is 3. The van der Waals surface area contributed by atoms with Gasteiger partial charge in [0.2, 0.25) is 5.82 Å². The fourth-order valence-electron chi connectivity index (χ4n) is 2.61. The van der Waals surface area contributed by atoms with Gasteiger partial charge in [0, 0.05) is 5.56 Å². The van der Waals surface area contributed by atoms with E-state index >= 15 is 0 Å². The average Bonchev–Trinajstić information content (AvgIpc) is 3.05. The van der Waals surface area contributed by atoms with Crippen molar-refractivity contribution in [2.75, 3.05) is 7.11 Å². The lowest BCUT2D eigenvalue weighted by Gasteiger charge is -2.11. The molecule has 156 valence electrons. The Labute approximate surface area is 169 Å². The van der Waals surface area contributed by atoms with Crippen LogP contribution in [-0.4, -0.2) is 31.1 Å². The lowest BCUT2D eigenvalue weighted by molar-refractivity contribution is -0.142. The van der Waals surface area contributed by atoms with Gasteiger partial charge in [0.05, 0.1) is 7.11 Å². The number of alkyl carbamates (subject to hydrolysis) is 1. The van der Waals surface area contributed by atoms with Crippen molar-refractivity contribution in [3.8, 4) is 11.5 Å². The monoisotopic (exact) mass is 418 g/mol. The van der Waals surface area contributed by atoms with E-state index in [2.05, 4.69) is 9.47 Å². The minimum Gasteiger partial charge on any atom is -0.468 e. The summed E-state index contributed by atoms with van der Waals surface area (Å²) in [5.74, 6) is -4.59. The molecule has 10 heteroatoms. The van der Waals surface area contributed by atoms with Crippen molar-refractivity contribution in [2.24, 2.45) is 5.73 Å². The van der Waals surface area contributed by atoms with Crippen LogP contribution in [0.3, 0.4) is 0 Å². The first-order valence-electron chi connectivity index (χ1n) is 8.61. The summed E-state index contributed by atoms with van der Waals surface area (Å²) >= 11 is 0. The van der Waals surface area contributed by atoms with E-state index in [0.29, 0.717) is 0 Å². The van der Waals surface area contributed by atoms with Crippen molar-refractivity contribution < 1.29 is 37.4 Å². The van der Waals surface area contributed by atoms with E-state index in [1.165, 1.54) is 31.4 Å². The third-order valence-electron chi connectivity index (χ3n) is 4.12. The van der Waals surface area contributed by atoms with E-state index < -0.39 is 41.4 Å². The summed E-state index contributed by atoms with van der Waals surface area (Å²) in [6, 6.07) is 7.78. The Kier molecular flexibility index (Phi) is 6.07. The summed E-state index contributed by atoms with van der Waals surface area (Å²) < 4.78 is 43.2. The first-order chi connectivity index (χ1) is 14.3. The van der Waals surface area contributed by atoms with Gasteiger partial charge < -0.3 is 19.9 Å². The van der Waals surface area contributed by atoms with E-state index in [1.807, 2.05) is 5.32 Å². The van der Waals surface area contributed by atoms with Gasteiger partial charge in [0.25, 0.3) is 5.91 Å². The van der Waals surface area contributed by atoms with Gasteiger partial charge in [-0.1, -0.05) is 12.1 Å². The number of nitrogens with one attached hydrogen (secondary N) is 1. The van der Waals surface area contributed by atoms with Crippen LogP contribution in [0.2, 0.25) is 0 Å². The number of imide groups is 1. The summed E-state index contributed by atoms with van der Waals surface area (Å²) in [4.78, 5) is 33.8. The number of esters is 1. The van der Waals surface area contributed by atoms with E-state index in [4.69, 9.17) is 10.5 Å². The molecule has 1 atom stereocenters. The standard InChI is InChI=1S/C20H16F2N2O6/c1-28-19(26)13(23)8-10-2-5-12(6-3-10)29-14-7-4-11(16(21)17(14)22)9-15-18(25)24-20(27)30-15/h2-7,9,13H,8,23H2,1H3,(H,24,25,27)/b15-9+. The zero-order chi connectivity index (χ0) is 21.8. The number of hydrogen-bond acceptors (Lipinski definition) is 7. The maximum absolute atomic E-state index is 14.4. The van der Waals surface area contributed by atoms with E-state index in [0.717, 1.165) is 11.6 Å². The SMILES string of the molecule is COC(=O)C(N)Cc1ccc(Oc2ccc(/C=C3/OC(=O)NC3=O)c(F)c2F)cc1. The summed E-state index contributed by atoms with van der Waals surface area (Å²) in [7, 11) is 1.24. The summed E-state index contributed by atoms with van der Waals surface area (Å²) in [5.41, 5.74) is 6.11. The van der Waals surface area contributed by atoms with Crippen molar-refractivity contribution in [3.05, 3.63) is 64.9 Å².